The minimum Gasteiger partial charge on any atom is -0.318 e. The van der Waals surface area contributed by atoms with Gasteiger partial charge in [0.15, 0.2) is 5.78 Å². The van der Waals surface area contributed by atoms with Gasteiger partial charge in [-0.2, -0.15) is 0 Å². The summed E-state index contributed by atoms with van der Waals surface area (Å²) in [6, 6.07) is 9.31. The Labute approximate surface area is 179 Å². The quantitative estimate of drug-likeness (QED) is 0.655. The molecule has 2 heterocycles. The number of sulfonamides is 1. The highest BCUT2D eigenvalue weighted by Crippen LogP contribution is 2.23. The third kappa shape index (κ3) is 5.18. The molecule has 30 heavy (non-hydrogen) atoms. The standard InChI is InChI=1S/C22H32N4O3S/c1-15(2)24-18-9-11-25(12-10-18)14-22(27)21-13-16(3)26(17(21)4)19-5-7-20(8-6-19)30(23,28)29/h5-8,13,15,18,24H,9-12,14H2,1-4H3,(H2,23,28,29). The summed E-state index contributed by atoms with van der Waals surface area (Å²) in [4.78, 5) is 15.3. The molecule has 1 aliphatic heterocycles. The summed E-state index contributed by atoms with van der Waals surface area (Å²) in [5, 5.41) is 8.76. The molecule has 8 heteroatoms. The van der Waals surface area contributed by atoms with Gasteiger partial charge in [0.2, 0.25) is 10.0 Å². The van der Waals surface area contributed by atoms with Gasteiger partial charge < -0.3 is 9.88 Å². The summed E-state index contributed by atoms with van der Waals surface area (Å²) in [5.41, 5.74) is 3.30. The van der Waals surface area contributed by atoms with Crippen LogP contribution in [0.4, 0.5) is 0 Å². The fraction of sp³-hybridized carbons (Fsp3) is 0.500. The van der Waals surface area contributed by atoms with E-state index >= 15 is 0 Å². The number of piperidine rings is 1. The molecular weight excluding hydrogens is 400 g/mol. The Morgan fingerprint density at radius 1 is 1.17 bits per heavy atom. The van der Waals surface area contributed by atoms with Crippen molar-refractivity contribution in [3.05, 3.63) is 47.3 Å². The molecule has 1 aromatic carbocycles. The molecule has 1 aliphatic rings. The van der Waals surface area contributed by atoms with Gasteiger partial charge in [0, 0.05) is 47.8 Å². The van der Waals surface area contributed by atoms with Crippen LogP contribution in [0.3, 0.4) is 0 Å². The number of nitrogens with zero attached hydrogens (tertiary/aromatic N) is 2. The van der Waals surface area contributed by atoms with E-state index in [9.17, 15) is 13.2 Å². The average molecular weight is 433 g/mol. The lowest BCUT2D eigenvalue weighted by Gasteiger charge is -2.33. The molecule has 3 N–H and O–H groups in total. The first-order chi connectivity index (χ1) is 14.1. The zero-order valence-corrected chi connectivity index (χ0v) is 19.0. The van der Waals surface area contributed by atoms with Gasteiger partial charge in [-0.3, -0.25) is 9.69 Å². The summed E-state index contributed by atoms with van der Waals surface area (Å²) < 4.78 is 24.9. The monoisotopic (exact) mass is 432 g/mol. The number of hydrogen-bond donors (Lipinski definition) is 2. The number of likely N-dealkylation sites (tertiary alicyclic amines) is 1. The summed E-state index contributed by atoms with van der Waals surface area (Å²) in [5.74, 6) is 0.116. The van der Waals surface area contributed by atoms with Gasteiger partial charge in [0.25, 0.3) is 0 Å². The summed E-state index contributed by atoms with van der Waals surface area (Å²) >= 11 is 0. The molecule has 0 bridgehead atoms. The minimum atomic E-state index is -3.73. The Bertz CT molecular complexity index is 1000. The van der Waals surface area contributed by atoms with Crippen LogP contribution in [-0.4, -0.2) is 55.4 Å². The van der Waals surface area contributed by atoms with Crippen molar-refractivity contribution in [3.8, 4) is 5.69 Å². The lowest BCUT2D eigenvalue weighted by molar-refractivity contribution is 0.0902. The number of ketones is 1. The van der Waals surface area contributed by atoms with Crippen LogP contribution in [0, 0.1) is 13.8 Å². The zero-order chi connectivity index (χ0) is 22.1. The summed E-state index contributed by atoms with van der Waals surface area (Å²) in [6.45, 7) is 10.5. The van der Waals surface area contributed by atoms with E-state index in [1.165, 1.54) is 12.1 Å². The highest BCUT2D eigenvalue weighted by Gasteiger charge is 2.23. The average Bonchev–Trinajstić information content (AvgIpc) is 2.96. The lowest BCUT2D eigenvalue weighted by atomic mass is 10.0. The molecule has 0 atom stereocenters. The maximum atomic E-state index is 13.0. The Balaban J connectivity index is 1.72. The Hall–Kier alpha value is -2.00. The number of benzene rings is 1. The maximum absolute atomic E-state index is 13.0. The molecule has 0 amide bonds. The Morgan fingerprint density at radius 3 is 2.30 bits per heavy atom. The number of aryl methyl sites for hydroxylation is 1. The first-order valence-corrected chi connectivity index (χ1v) is 11.9. The molecule has 1 saturated heterocycles. The maximum Gasteiger partial charge on any atom is 0.238 e. The van der Waals surface area contributed by atoms with Gasteiger partial charge in [-0.25, -0.2) is 13.6 Å². The first-order valence-electron chi connectivity index (χ1n) is 10.4. The number of nitrogens with one attached hydrogen (secondary N) is 1. The molecule has 1 fully saturated rings. The van der Waals surface area contributed by atoms with Crippen molar-refractivity contribution in [1.82, 2.24) is 14.8 Å². The number of carbonyl (C=O) groups excluding carboxylic acids is 1. The molecule has 2 aromatic rings. The van der Waals surface area contributed by atoms with E-state index < -0.39 is 10.0 Å². The molecule has 0 radical (unpaired) electrons. The molecule has 0 aliphatic carbocycles. The number of nitrogens with two attached hydrogens (primary N) is 1. The smallest absolute Gasteiger partial charge is 0.238 e. The van der Waals surface area contributed by atoms with Crippen LogP contribution >= 0.6 is 0 Å². The number of rotatable bonds is 7. The van der Waals surface area contributed by atoms with Crippen LogP contribution in [0.2, 0.25) is 0 Å². The molecular formula is C22H32N4O3S. The third-order valence-electron chi connectivity index (χ3n) is 5.68. The molecule has 0 spiro atoms. The van der Waals surface area contributed by atoms with E-state index in [2.05, 4.69) is 24.1 Å². The summed E-state index contributed by atoms with van der Waals surface area (Å²) in [6.07, 6.45) is 2.11. The second-order valence-corrected chi connectivity index (χ2v) is 10.0. The van der Waals surface area contributed by atoms with E-state index in [-0.39, 0.29) is 10.7 Å². The van der Waals surface area contributed by atoms with Crippen molar-refractivity contribution in [3.63, 3.8) is 0 Å². The normalized spacial score (nSPS) is 16.3. The number of primary sulfonamides is 1. The van der Waals surface area contributed by atoms with Crippen molar-refractivity contribution < 1.29 is 13.2 Å². The second-order valence-electron chi connectivity index (χ2n) is 8.45. The van der Waals surface area contributed by atoms with Gasteiger partial charge in [-0.05, 0) is 57.0 Å². The lowest BCUT2D eigenvalue weighted by Crippen LogP contribution is -2.46. The predicted octanol–water partition coefficient (Wildman–Crippen LogP) is 2.39. The number of carbonyl (C=O) groups is 1. The predicted molar refractivity (Wildman–Crippen MR) is 119 cm³/mol. The van der Waals surface area contributed by atoms with Crippen LogP contribution in [0.1, 0.15) is 48.4 Å². The minimum absolute atomic E-state index is 0.0698. The summed E-state index contributed by atoms with van der Waals surface area (Å²) in [7, 11) is -3.73. The first kappa shape index (κ1) is 22.7. The molecule has 1 aromatic heterocycles. The Kier molecular flexibility index (Phi) is 6.81. The van der Waals surface area contributed by atoms with Gasteiger partial charge >= 0.3 is 0 Å². The largest absolute Gasteiger partial charge is 0.318 e. The molecule has 0 unspecified atom stereocenters. The van der Waals surface area contributed by atoms with Crippen LogP contribution in [0.5, 0.6) is 0 Å². The van der Waals surface area contributed by atoms with Crippen molar-refractivity contribution in [2.75, 3.05) is 19.6 Å². The topological polar surface area (TPSA) is 97.4 Å². The fourth-order valence-electron chi connectivity index (χ4n) is 4.24. The Morgan fingerprint density at radius 2 is 1.77 bits per heavy atom. The van der Waals surface area contributed by atoms with Crippen LogP contribution < -0.4 is 10.5 Å². The molecule has 164 valence electrons. The second kappa shape index (κ2) is 9.01. The van der Waals surface area contributed by atoms with Gasteiger partial charge in [-0.1, -0.05) is 13.8 Å². The van der Waals surface area contributed by atoms with Crippen molar-refractivity contribution >= 4 is 15.8 Å². The number of aromatic nitrogens is 1. The van der Waals surface area contributed by atoms with Crippen LogP contribution in [-0.2, 0) is 10.0 Å². The molecule has 0 saturated carbocycles. The fourth-order valence-corrected chi connectivity index (χ4v) is 4.76. The van der Waals surface area contributed by atoms with E-state index in [1.807, 2.05) is 24.5 Å². The van der Waals surface area contributed by atoms with E-state index in [1.54, 1.807) is 12.1 Å². The zero-order valence-electron chi connectivity index (χ0n) is 18.2. The molecule has 7 nitrogen and oxygen atoms in total. The number of hydrogen-bond acceptors (Lipinski definition) is 5. The van der Waals surface area contributed by atoms with Crippen molar-refractivity contribution in [2.45, 2.75) is 57.5 Å². The van der Waals surface area contributed by atoms with Gasteiger partial charge in [0.1, 0.15) is 0 Å². The highest BCUT2D eigenvalue weighted by molar-refractivity contribution is 7.89. The number of Topliss-reactive ketones (excluding diaryl/α,β-unsaturated/α-hetero) is 1. The van der Waals surface area contributed by atoms with Gasteiger partial charge in [-0.15, -0.1) is 0 Å². The highest BCUT2D eigenvalue weighted by atomic mass is 32.2. The van der Waals surface area contributed by atoms with Crippen LogP contribution in [0.25, 0.3) is 5.69 Å². The van der Waals surface area contributed by atoms with Crippen molar-refractivity contribution in [1.29, 1.82) is 0 Å². The SMILES string of the molecule is Cc1cc(C(=O)CN2CCC(NC(C)C)CC2)c(C)n1-c1ccc(S(N)(=O)=O)cc1. The van der Waals surface area contributed by atoms with E-state index in [0.29, 0.717) is 24.2 Å². The van der Waals surface area contributed by atoms with E-state index in [4.69, 9.17) is 5.14 Å². The van der Waals surface area contributed by atoms with Crippen molar-refractivity contribution in [2.24, 2.45) is 5.14 Å². The molecule has 3 rings (SSSR count). The van der Waals surface area contributed by atoms with E-state index in [0.717, 1.165) is 43.0 Å². The van der Waals surface area contributed by atoms with Crippen LogP contribution in [0.15, 0.2) is 35.2 Å². The van der Waals surface area contributed by atoms with Gasteiger partial charge in [0.05, 0.1) is 11.4 Å². The third-order valence-corrected chi connectivity index (χ3v) is 6.61.